The highest BCUT2D eigenvalue weighted by Gasteiger charge is 2.40. The maximum atomic E-state index is 12.1. The summed E-state index contributed by atoms with van der Waals surface area (Å²) in [7, 11) is -3.22. The molecule has 2 unspecified atom stereocenters. The highest BCUT2D eigenvalue weighted by molar-refractivity contribution is 7.92. The van der Waals surface area contributed by atoms with Gasteiger partial charge in [-0.2, -0.15) is 0 Å². The molecular formula is C13H19NO2S. The summed E-state index contributed by atoms with van der Waals surface area (Å²) in [6.07, 6.45) is 0. The number of hydrogen-bond donors (Lipinski definition) is 1. The van der Waals surface area contributed by atoms with Crippen LogP contribution in [-0.2, 0) is 15.3 Å². The van der Waals surface area contributed by atoms with Crippen molar-refractivity contribution in [1.29, 1.82) is 0 Å². The third kappa shape index (κ3) is 1.79. The minimum absolute atomic E-state index is 0.00431. The molecule has 3 nitrogen and oxygen atoms in total. The fourth-order valence-corrected chi connectivity index (χ4v) is 3.90. The Labute approximate surface area is 103 Å². The first-order chi connectivity index (χ1) is 7.65. The third-order valence-corrected chi connectivity index (χ3v) is 5.79. The Morgan fingerprint density at radius 2 is 1.82 bits per heavy atom. The van der Waals surface area contributed by atoms with E-state index in [0.29, 0.717) is 4.90 Å². The molecule has 4 heteroatoms. The first-order valence-electron chi connectivity index (χ1n) is 5.79. The first kappa shape index (κ1) is 12.6. The normalized spacial score (nSPS) is 26.9. The van der Waals surface area contributed by atoms with Gasteiger partial charge in [0.25, 0.3) is 0 Å². The van der Waals surface area contributed by atoms with Crippen LogP contribution in [0.5, 0.6) is 0 Å². The molecule has 94 valence electrons. The van der Waals surface area contributed by atoms with Gasteiger partial charge < -0.3 is 5.73 Å². The SMILES string of the molecule is CC1C(N)c2cc(C(C)(C)C)ccc2S1(=O)=O. The molecule has 17 heavy (non-hydrogen) atoms. The Morgan fingerprint density at radius 3 is 2.35 bits per heavy atom. The molecule has 1 aliphatic rings. The number of rotatable bonds is 0. The van der Waals surface area contributed by atoms with Crippen molar-refractivity contribution < 1.29 is 8.42 Å². The molecule has 0 saturated carbocycles. The largest absolute Gasteiger partial charge is 0.323 e. The number of benzene rings is 1. The van der Waals surface area contributed by atoms with Crippen molar-refractivity contribution in [3.8, 4) is 0 Å². The summed E-state index contributed by atoms with van der Waals surface area (Å²) in [5.74, 6) is 0. The zero-order valence-corrected chi connectivity index (χ0v) is 11.5. The van der Waals surface area contributed by atoms with Crippen LogP contribution in [0.4, 0.5) is 0 Å². The molecule has 1 aliphatic heterocycles. The van der Waals surface area contributed by atoms with E-state index in [1.165, 1.54) is 0 Å². The standard InChI is InChI=1S/C13H19NO2S/c1-8-12(14)10-7-9(13(2,3)4)5-6-11(10)17(8,15)16/h5-8,12H,14H2,1-4H3. The first-order valence-corrected chi connectivity index (χ1v) is 7.34. The Hall–Kier alpha value is -0.870. The van der Waals surface area contributed by atoms with E-state index in [0.717, 1.165) is 11.1 Å². The Kier molecular flexibility index (Phi) is 2.64. The maximum Gasteiger partial charge on any atom is 0.183 e. The highest BCUT2D eigenvalue weighted by Crippen LogP contribution is 2.39. The minimum Gasteiger partial charge on any atom is -0.323 e. The summed E-state index contributed by atoms with van der Waals surface area (Å²) >= 11 is 0. The van der Waals surface area contributed by atoms with Gasteiger partial charge in [-0.3, -0.25) is 0 Å². The zero-order valence-electron chi connectivity index (χ0n) is 10.7. The van der Waals surface area contributed by atoms with Gasteiger partial charge in [-0.25, -0.2) is 8.42 Å². The lowest BCUT2D eigenvalue weighted by atomic mass is 9.85. The fraction of sp³-hybridized carbons (Fsp3) is 0.538. The molecule has 1 aromatic rings. The summed E-state index contributed by atoms with van der Waals surface area (Å²) < 4.78 is 24.2. The van der Waals surface area contributed by atoms with Gasteiger partial charge in [0.05, 0.1) is 10.1 Å². The molecule has 0 bridgehead atoms. The summed E-state index contributed by atoms with van der Waals surface area (Å²) in [6.45, 7) is 7.99. The second-order valence-corrected chi connectivity index (χ2v) is 8.05. The van der Waals surface area contributed by atoms with Crippen LogP contribution in [0, 0.1) is 0 Å². The topological polar surface area (TPSA) is 60.2 Å². The van der Waals surface area contributed by atoms with E-state index in [9.17, 15) is 8.42 Å². The molecule has 2 atom stereocenters. The van der Waals surface area contributed by atoms with Gasteiger partial charge in [-0.05, 0) is 29.5 Å². The lowest BCUT2D eigenvalue weighted by Gasteiger charge is -2.20. The number of hydrogen-bond acceptors (Lipinski definition) is 3. The minimum atomic E-state index is -3.22. The summed E-state index contributed by atoms with van der Waals surface area (Å²) in [5, 5.41) is -0.521. The van der Waals surface area contributed by atoms with E-state index < -0.39 is 21.1 Å². The molecule has 1 aromatic carbocycles. The van der Waals surface area contributed by atoms with Crippen molar-refractivity contribution in [3.05, 3.63) is 29.3 Å². The summed E-state index contributed by atoms with van der Waals surface area (Å²) in [4.78, 5) is 0.408. The molecule has 0 saturated heterocycles. The van der Waals surface area contributed by atoms with E-state index in [1.807, 2.05) is 12.1 Å². The predicted octanol–water partition coefficient (Wildman–Crippen LogP) is 2.16. The molecule has 2 rings (SSSR count). The van der Waals surface area contributed by atoms with Crippen LogP contribution >= 0.6 is 0 Å². The molecule has 0 amide bonds. The van der Waals surface area contributed by atoms with Gasteiger partial charge in [0.1, 0.15) is 0 Å². The Morgan fingerprint density at radius 1 is 1.24 bits per heavy atom. The zero-order chi connectivity index (χ0) is 13.0. The summed E-state index contributed by atoms with van der Waals surface area (Å²) in [5.41, 5.74) is 7.89. The van der Waals surface area contributed by atoms with Crippen molar-refractivity contribution >= 4 is 9.84 Å². The van der Waals surface area contributed by atoms with Gasteiger partial charge in [0.15, 0.2) is 9.84 Å². The number of fused-ring (bicyclic) bond motifs is 1. The molecule has 0 fully saturated rings. The van der Waals surface area contributed by atoms with Gasteiger partial charge in [0, 0.05) is 6.04 Å². The molecule has 0 radical (unpaired) electrons. The van der Waals surface area contributed by atoms with Crippen molar-refractivity contribution in [1.82, 2.24) is 0 Å². The Bertz CT molecular complexity index is 555. The number of nitrogens with two attached hydrogens (primary N) is 1. The summed E-state index contributed by atoms with van der Waals surface area (Å²) in [6, 6.07) is 5.13. The highest BCUT2D eigenvalue weighted by atomic mass is 32.2. The second kappa shape index (κ2) is 3.56. The third-order valence-electron chi connectivity index (χ3n) is 3.54. The second-order valence-electron chi connectivity index (χ2n) is 5.78. The van der Waals surface area contributed by atoms with Crippen LogP contribution < -0.4 is 5.73 Å². The van der Waals surface area contributed by atoms with Crippen molar-refractivity contribution in [2.24, 2.45) is 5.73 Å². The lowest BCUT2D eigenvalue weighted by Crippen LogP contribution is -2.23. The van der Waals surface area contributed by atoms with Crippen molar-refractivity contribution in [2.45, 2.75) is 49.3 Å². The molecular weight excluding hydrogens is 234 g/mol. The molecule has 0 aliphatic carbocycles. The monoisotopic (exact) mass is 253 g/mol. The lowest BCUT2D eigenvalue weighted by molar-refractivity contribution is 0.580. The van der Waals surface area contributed by atoms with E-state index in [4.69, 9.17) is 5.73 Å². The fourth-order valence-electron chi connectivity index (χ4n) is 2.18. The van der Waals surface area contributed by atoms with E-state index in [2.05, 4.69) is 20.8 Å². The average Bonchev–Trinajstić information content (AvgIpc) is 2.39. The molecule has 0 aromatic heterocycles. The van der Waals surface area contributed by atoms with Gasteiger partial charge in [-0.1, -0.05) is 32.9 Å². The Balaban J connectivity index is 2.65. The molecule has 0 spiro atoms. The average molecular weight is 253 g/mol. The van der Waals surface area contributed by atoms with E-state index in [-0.39, 0.29) is 5.41 Å². The van der Waals surface area contributed by atoms with Gasteiger partial charge in [-0.15, -0.1) is 0 Å². The molecule has 2 N–H and O–H groups in total. The van der Waals surface area contributed by atoms with E-state index >= 15 is 0 Å². The van der Waals surface area contributed by atoms with Crippen molar-refractivity contribution in [2.75, 3.05) is 0 Å². The van der Waals surface area contributed by atoms with Crippen LogP contribution in [0.2, 0.25) is 0 Å². The van der Waals surface area contributed by atoms with Gasteiger partial charge in [0.2, 0.25) is 0 Å². The predicted molar refractivity (Wildman–Crippen MR) is 68.7 cm³/mol. The smallest absolute Gasteiger partial charge is 0.183 e. The van der Waals surface area contributed by atoms with Crippen LogP contribution in [0.15, 0.2) is 23.1 Å². The van der Waals surface area contributed by atoms with Crippen LogP contribution in [0.1, 0.15) is 44.9 Å². The van der Waals surface area contributed by atoms with E-state index in [1.54, 1.807) is 13.0 Å². The quantitative estimate of drug-likeness (QED) is 0.770. The van der Waals surface area contributed by atoms with Crippen LogP contribution in [0.3, 0.4) is 0 Å². The van der Waals surface area contributed by atoms with Gasteiger partial charge >= 0.3 is 0 Å². The number of sulfone groups is 1. The van der Waals surface area contributed by atoms with Crippen LogP contribution in [0.25, 0.3) is 0 Å². The van der Waals surface area contributed by atoms with Crippen molar-refractivity contribution in [3.63, 3.8) is 0 Å². The van der Waals surface area contributed by atoms with Crippen LogP contribution in [-0.4, -0.2) is 13.7 Å². The maximum absolute atomic E-state index is 12.1. The molecule has 1 heterocycles.